The molecule has 0 amide bonds. The average molecular weight is 226 g/mol. The van der Waals surface area contributed by atoms with Gasteiger partial charge in [-0.15, -0.1) is 0 Å². The molecule has 0 aliphatic carbocycles. The average Bonchev–Trinajstić information content (AvgIpc) is 2.32. The van der Waals surface area contributed by atoms with Gasteiger partial charge >= 0.3 is 0 Å². The molecule has 0 bridgehead atoms. The molecule has 0 aliphatic rings. The molecule has 1 aromatic rings. The van der Waals surface area contributed by atoms with Gasteiger partial charge in [0, 0.05) is 0 Å². The van der Waals surface area contributed by atoms with Gasteiger partial charge in [0.2, 0.25) is 10.0 Å². The van der Waals surface area contributed by atoms with E-state index < -0.39 is 10.0 Å². The Labute approximate surface area is 90.6 Å². The van der Waals surface area contributed by atoms with Gasteiger partial charge in [0.25, 0.3) is 0 Å². The lowest BCUT2D eigenvalue weighted by molar-refractivity contribution is 0.588. The first-order valence-corrected chi connectivity index (χ1v) is 6.02. The van der Waals surface area contributed by atoms with Crippen molar-refractivity contribution >= 4 is 10.0 Å². The summed E-state index contributed by atoms with van der Waals surface area (Å²) in [6, 6.07) is 7.62. The van der Waals surface area contributed by atoms with Crippen LogP contribution >= 0.6 is 0 Å². The van der Waals surface area contributed by atoms with E-state index in [1.165, 1.54) is 31.3 Å². The SMILES string of the molecule is CC.CNS(=O)(=O)c1ccc(C#N)cc1. The van der Waals surface area contributed by atoms with E-state index in [2.05, 4.69) is 4.72 Å². The molecule has 1 aromatic carbocycles. The first kappa shape index (κ1) is 13.6. The van der Waals surface area contributed by atoms with Crippen LogP contribution in [0.15, 0.2) is 29.2 Å². The molecule has 0 unspecified atom stereocenters. The van der Waals surface area contributed by atoms with E-state index in [1.807, 2.05) is 19.9 Å². The molecule has 0 aromatic heterocycles. The molecule has 0 radical (unpaired) electrons. The maximum Gasteiger partial charge on any atom is 0.240 e. The molecule has 5 heteroatoms. The lowest BCUT2D eigenvalue weighted by Gasteiger charge is -2.00. The van der Waals surface area contributed by atoms with Crippen molar-refractivity contribution in [2.24, 2.45) is 0 Å². The molecule has 15 heavy (non-hydrogen) atoms. The highest BCUT2D eigenvalue weighted by atomic mass is 32.2. The predicted octanol–water partition coefficient (Wildman–Crippen LogP) is 1.49. The monoisotopic (exact) mass is 226 g/mol. The molecule has 0 heterocycles. The summed E-state index contributed by atoms with van der Waals surface area (Å²) in [5, 5.41) is 8.47. The van der Waals surface area contributed by atoms with E-state index in [9.17, 15) is 8.42 Å². The van der Waals surface area contributed by atoms with Crippen LogP contribution in [0.5, 0.6) is 0 Å². The number of nitrogens with zero attached hydrogens (tertiary/aromatic N) is 1. The Morgan fingerprint density at radius 2 is 1.67 bits per heavy atom. The molecule has 0 atom stereocenters. The van der Waals surface area contributed by atoms with Crippen LogP contribution in [0, 0.1) is 11.3 Å². The molecular formula is C10H14N2O2S. The smallest absolute Gasteiger partial charge is 0.214 e. The highest BCUT2D eigenvalue weighted by Crippen LogP contribution is 2.08. The number of sulfonamides is 1. The number of benzene rings is 1. The van der Waals surface area contributed by atoms with E-state index in [1.54, 1.807) is 0 Å². The largest absolute Gasteiger partial charge is 0.240 e. The third-order valence-electron chi connectivity index (χ3n) is 1.56. The van der Waals surface area contributed by atoms with Crippen LogP contribution in [0.4, 0.5) is 0 Å². The van der Waals surface area contributed by atoms with E-state index >= 15 is 0 Å². The van der Waals surface area contributed by atoms with E-state index in [4.69, 9.17) is 5.26 Å². The van der Waals surface area contributed by atoms with Crippen molar-refractivity contribution in [2.75, 3.05) is 7.05 Å². The minimum absolute atomic E-state index is 0.161. The zero-order valence-corrected chi connectivity index (χ0v) is 9.80. The molecular weight excluding hydrogens is 212 g/mol. The topological polar surface area (TPSA) is 70.0 Å². The van der Waals surface area contributed by atoms with Gasteiger partial charge in [-0.3, -0.25) is 0 Å². The Hall–Kier alpha value is -1.38. The number of hydrogen-bond donors (Lipinski definition) is 1. The summed E-state index contributed by atoms with van der Waals surface area (Å²) in [6.07, 6.45) is 0. The zero-order valence-electron chi connectivity index (χ0n) is 8.98. The molecule has 0 saturated carbocycles. The Morgan fingerprint density at radius 1 is 1.20 bits per heavy atom. The minimum Gasteiger partial charge on any atom is -0.214 e. The maximum absolute atomic E-state index is 11.2. The standard InChI is InChI=1S/C8H8N2O2S.C2H6/c1-10-13(11,12)8-4-2-7(6-9)3-5-8;1-2/h2-5,10H,1H3;1-2H3. The second-order valence-electron chi connectivity index (χ2n) is 2.34. The van der Waals surface area contributed by atoms with Gasteiger partial charge in [-0.25, -0.2) is 13.1 Å². The second kappa shape index (κ2) is 6.17. The predicted molar refractivity (Wildman–Crippen MR) is 58.8 cm³/mol. The summed E-state index contributed by atoms with van der Waals surface area (Å²) in [4.78, 5) is 0.161. The van der Waals surface area contributed by atoms with E-state index in [0.29, 0.717) is 5.56 Å². The van der Waals surface area contributed by atoms with Gasteiger partial charge in [0.05, 0.1) is 16.5 Å². The van der Waals surface area contributed by atoms with Crippen molar-refractivity contribution in [3.63, 3.8) is 0 Å². The summed E-state index contributed by atoms with van der Waals surface area (Å²) in [7, 11) is -2.04. The van der Waals surface area contributed by atoms with Crippen LogP contribution in [0.2, 0.25) is 0 Å². The van der Waals surface area contributed by atoms with Crippen LogP contribution in [-0.2, 0) is 10.0 Å². The molecule has 0 spiro atoms. The van der Waals surface area contributed by atoms with Crippen molar-refractivity contribution in [2.45, 2.75) is 18.7 Å². The normalized spacial score (nSPS) is 9.73. The molecule has 82 valence electrons. The quantitative estimate of drug-likeness (QED) is 0.830. The minimum atomic E-state index is -3.38. The van der Waals surface area contributed by atoms with Crippen molar-refractivity contribution in [1.29, 1.82) is 5.26 Å². The Balaban J connectivity index is 0.000000921. The number of hydrogen-bond acceptors (Lipinski definition) is 3. The van der Waals surface area contributed by atoms with Crippen molar-refractivity contribution < 1.29 is 8.42 Å². The van der Waals surface area contributed by atoms with Gasteiger partial charge in [0.1, 0.15) is 0 Å². The van der Waals surface area contributed by atoms with Gasteiger partial charge in [0.15, 0.2) is 0 Å². The maximum atomic E-state index is 11.2. The van der Waals surface area contributed by atoms with Crippen LogP contribution in [-0.4, -0.2) is 15.5 Å². The fourth-order valence-electron chi connectivity index (χ4n) is 0.826. The fraction of sp³-hybridized carbons (Fsp3) is 0.300. The number of nitrogens with one attached hydrogen (secondary N) is 1. The highest BCUT2D eigenvalue weighted by molar-refractivity contribution is 7.89. The molecule has 1 N–H and O–H groups in total. The lowest BCUT2D eigenvalue weighted by Crippen LogP contribution is -2.18. The van der Waals surface area contributed by atoms with Gasteiger partial charge in [-0.05, 0) is 31.3 Å². The second-order valence-corrected chi connectivity index (χ2v) is 4.23. The summed E-state index contributed by atoms with van der Waals surface area (Å²) < 4.78 is 24.6. The Kier molecular flexibility index (Phi) is 5.60. The third-order valence-corrected chi connectivity index (χ3v) is 2.99. The van der Waals surface area contributed by atoms with Crippen molar-refractivity contribution in [1.82, 2.24) is 4.72 Å². The van der Waals surface area contributed by atoms with Gasteiger partial charge in [-0.2, -0.15) is 5.26 Å². The van der Waals surface area contributed by atoms with Crippen LogP contribution in [0.25, 0.3) is 0 Å². The molecule has 4 nitrogen and oxygen atoms in total. The van der Waals surface area contributed by atoms with Crippen LogP contribution in [0.3, 0.4) is 0 Å². The number of rotatable bonds is 2. The van der Waals surface area contributed by atoms with Crippen molar-refractivity contribution in [3.05, 3.63) is 29.8 Å². The van der Waals surface area contributed by atoms with Crippen molar-refractivity contribution in [3.8, 4) is 6.07 Å². The Morgan fingerprint density at radius 3 is 2.00 bits per heavy atom. The number of nitriles is 1. The van der Waals surface area contributed by atoms with E-state index in [-0.39, 0.29) is 4.90 Å². The Bertz CT molecular complexity index is 429. The summed E-state index contributed by atoms with van der Waals surface area (Å²) in [5.74, 6) is 0. The molecule has 0 fully saturated rings. The van der Waals surface area contributed by atoms with Crippen LogP contribution in [0.1, 0.15) is 19.4 Å². The van der Waals surface area contributed by atoms with E-state index in [0.717, 1.165) is 0 Å². The summed E-state index contributed by atoms with van der Waals surface area (Å²) >= 11 is 0. The third kappa shape index (κ3) is 3.70. The first-order chi connectivity index (χ1) is 7.10. The fourth-order valence-corrected chi connectivity index (χ4v) is 1.56. The summed E-state index contributed by atoms with van der Waals surface area (Å²) in [5.41, 5.74) is 0.440. The molecule has 0 saturated heterocycles. The summed E-state index contributed by atoms with van der Waals surface area (Å²) in [6.45, 7) is 4.00. The highest BCUT2D eigenvalue weighted by Gasteiger charge is 2.09. The zero-order chi connectivity index (χ0) is 11.9. The van der Waals surface area contributed by atoms with Gasteiger partial charge < -0.3 is 0 Å². The van der Waals surface area contributed by atoms with Gasteiger partial charge in [-0.1, -0.05) is 13.8 Å². The molecule has 1 rings (SSSR count). The first-order valence-electron chi connectivity index (χ1n) is 4.54. The van der Waals surface area contributed by atoms with Crippen LogP contribution < -0.4 is 4.72 Å². The lowest BCUT2D eigenvalue weighted by atomic mass is 10.2. The molecule has 0 aliphatic heterocycles.